The number of rotatable bonds is 0. The van der Waals surface area contributed by atoms with Crippen molar-refractivity contribution in [2.45, 2.75) is 77.4 Å². The zero-order chi connectivity index (χ0) is 15.7. The molecule has 4 fully saturated rings. The molecule has 4 saturated carbocycles. The van der Waals surface area contributed by atoms with Gasteiger partial charge in [0.15, 0.2) is 0 Å². The molecule has 4 aliphatic carbocycles. The average Bonchev–Trinajstić information content (AvgIpc) is 2.75. The van der Waals surface area contributed by atoms with Gasteiger partial charge in [0.2, 0.25) is 0 Å². The molecule has 0 radical (unpaired) electrons. The molecular formula is C19H30O3. The molecular weight excluding hydrogens is 276 g/mol. The van der Waals surface area contributed by atoms with Crippen molar-refractivity contribution in [1.29, 1.82) is 0 Å². The molecule has 0 unspecified atom stereocenters. The van der Waals surface area contributed by atoms with Crippen LogP contribution >= 0.6 is 0 Å². The average molecular weight is 306 g/mol. The van der Waals surface area contributed by atoms with Crippen LogP contribution in [-0.2, 0) is 4.79 Å². The standard InChI is InChI=1S/C19H30O3/c1-18-7-5-12-17(14(18)8-11(20)10-18)16(22)9-13-15(21)4-3-6-19(12,13)2/h11-15,17,20-21H,3-10H2,1-2H3/t11-,12-,13-,14-,15-,17+,18+,19+/m0/s1. The molecule has 22 heavy (non-hydrogen) atoms. The van der Waals surface area contributed by atoms with E-state index in [9.17, 15) is 15.0 Å². The van der Waals surface area contributed by atoms with Crippen LogP contribution in [0.5, 0.6) is 0 Å². The maximum Gasteiger partial charge on any atom is 0.136 e. The number of fused-ring (bicyclic) bond motifs is 5. The van der Waals surface area contributed by atoms with Gasteiger partial charge in [0.1, 0.15) is 5.78 Å². The molecule has 0 spiro atoms. The van der Waals surface area contributed by atoms with Crippen molar-refractivity contribution < 1.29 is 15.0 Å². The minimum atomic E-state index is -0.286. The van der Waals surface area contributed by atoms with Gasteiger partial charge in [0, 0.05) is 12.3 Å². The second-order valence-corrected chi connectivity index (χ2v) is 9.27. The number of ketones is 1. The van der Waals surface area contributed by atoms with Gasteiger partial charge in [0.05, 0.1) is 12.2 Å². The van der Waals surface area contributed by atoms with Crippen LogP contribution in [0, 0.1) is 34.5 Å². The second kappa shape index (κ2) is 4.80. The minimum absolute atomic E-state index is 0.130. The molecule has 3 nitrogen and oxygen atoms in total. The van der Waals surface area contributed by atoms with E-state index in [2.05, 4.69) is 13.8 Å². The quantitative estimate of drug-likeness (QED) is 0.723. The van der Waals surface area contributed by atoms with Gasteiger partial charge in [-0.3, -0.25) is 4.79 Å². The lowest BCUT2D eigenvalue weighted by molar-refractivity contribution is -0.165. The van der Waals surface area contributed by atoms with Gasteiger partial charge in [0.25, 0.3) is 0 Å². The highest BCUT2D eigenvalue weighted by Gasteiger charge is 2.62. The summed E-state index contributed by atoms with van der Waals surface area (Å²) in [5.41, 5.74) is 0.290. The summed E-state index contributed by atoms with van der Waals surface area (Å²) in [4.78, 5) is 13.0. The molecule has 0 heterocycles. The normalized spacial score (nSPS) is 57.9. The van der Waals surface area contributed by atoms with Crippen LogP contribution in [0.25, 0.3) is 0 Å². The van der Waals surface area contributed by atoms with Crippen LogP contribution in [-0.4, -0.2) is 28.2 Å². The highest BCUT2D eigenvalue weighted by molar-refractivity contribution is 5.83. The molecule has 8 atom stereocenters. The van der Waals surface area contributed by atoms with Gasteiger partial charge in [-0.25, -0.2) is 0 Å². The van der Waals surface area contributed by atoms with E-state index in [-0.39, 0.29) is 34.9 Å². The minimum Gasteiger partial charge on any atom is -0.393 e. The predicted octanol–water partition coefficient (Wildman–Crippen LogP) is 2.93. The molecule has 0 aliphatic heterocycles. The lowest BCUT2D eigenvalue weighted by Gasteiger charge is -2.59. The largest absolute Gasteiger partial charge is 0.393 e. The van der Waals surface area contributed by atoms with E-state index in [4.69, 9.17) is 0 Å². The smallest absolute Gasteiger partial charge is 0.136 e. The van der Waals surface area contributed by atoms with E-state index in [1.807, 2.05) is 0 Å². The Morgan fingerprint density at radius 2 is 1.82 bits per heavy atom. The van der Waals surface area contributed by atoms with E-state index in [1.54, 1.807) is 0 Å². The fourth-order valence-electron chi connectivity index (χ4n) is 7.05. The maximum absolute atomic E-state index is 13.0. The molecule has 3 heteroatoms. The van der Waals surface area contributed by atoms with E-state index in [0.717, 1.165) is 44.9 Å². The Morgan fingerprint density at radius 3 is 2.59 bits per heavy atom. The van der Waals surface area contributed by atoms with Crippen molar-refractivity contribution in [2.24, 2.45) is 34.5 Å². The van der Waals surface area contributed by atoms with Crippen molar-refractivity contribution in [3.63, 3.8) is 0 Å². The van der Waals surface area contributed by atoms with Gasteiger partial charge < -0.3 is 10.2 Å². The van der Waals surface area contributed by atoms with Gasteiger partial charge in [-0.2, -0.15) is 0 Å². The van der Waals surface area contributed by atoms with Crippen LogP contribution in [0.15, 0.2) is 0 Å². The molecule has 4 rings (SSSR count). The predicted molar refractivity (Wildman–Crippen MR) is 84.1 cm³/mol. The molecule has 0 aromatic rings. The first-order valence-electron chi connectivity index (χ1n) is 9.24. The van der Waals surface area contributed by atoms with Crippen molar-refractivity contribution in [3.8, 4) is 0 Å². The molecule has 2 N–H and O–H groups in total. The topological polar surface area (TPSA) is 57.5 Å². The first-order valence-corrected chi connectivity index (χ1v) is 9.24. The van der Waals surface area contributed by atoms with Crippen molar-refractivity contribution in [3.05, 3.63) is 0 Å². The molecule has 0 bridgehead atoms. The summed E-state index contributed by atoms with van der Waals surface area (Å²) in [6, 6.07) is 0. The Kier molecular flexibility index (Phi) is 3.30. The monoisotopic (exact) mass is 306 g/mol. The number of carbonyl (C=O) groups excluding carboxylic acids is 1. The summed E-state index contributed by atoms with van der Waals surface area (Å²) in [6.45, 7) is 4.64. The van der Waals surface area contributed by atoms with Crippen LogP contribution in [0.1, 0.15) is 65.2 Å². The first kappa shape index (κ1) is 15.1. The number of Topliss-reactive ketones (excluding diaryl/α,β-unsaturated/α-hetero) is 1. The third kappa shape index (κ3) is 1.91. The van der Waals surface area contributed by atoms with Gasteiger partial charge in [-0.15, -0.1) is 0 Å². The summed E-state index contributed by atoms with van der Waals surface area (Å²) >= 11 is 0. The Hall–Kier alpha value is -0.410. The molecule has 0 saturated heterocycles. The van der Waals surface area contributed by atoms with Crippen molar-refractivity contribution in [1.82, 2.24) is 0 Å². The van der Waals surface area contributed by atoms with Crippen molar-refractivity contribution >= 4 is 5.78 Å². The first-order chi connectivity index (χ1) is 10.3. The number of aliphatic hydroxyl groups is 2. The molecule has 0 aromatic carbocycles. The summed E-state index contributed by atoms with van der Waals surface area (Å²) in [5.74, 6) is 1.49. The maximum atomic E-state index is 13.0. The number of hydrogen-bond donors (Lipinski definition) is 2. The SMILES string of the molecule is C[C@]12CC[C@H]3[C@@H](C(=O)C[C@H]4[C@@H](O)CCC[C@]34C)[C@@H]1C[C@H](O)C2. The van der Waals surface area contributed by atoms with Crippen LogP contribution < -0.4 is 0 Å². The summed E-state index contributed by atoms with van der Waals surface area (Å²) < 4.78 is 0. The highest BCUT2D eigenvalue weighted by atomic mass is 16.3. The number of aliphatic hydroxyl groups excluding tert-OH is 2. The van der Waals surface area contributed by atoms with E-state index >= 15 is 0 Å². The Morgan fingerprint density at radius 1 is 1.05 bits per heavy atom. The third-order valence-electron chi connectivity index (χ3n) is 8.18. The fourth-order valence-corrected chi connectivity index (χ4v) is 7.05. The van der Waals surface area contributed by atoms with Crippen LogP contribution in [0.3, 0.4) is 0 Å². The van der Waals surface area contributed by atoms with Crippen LogP contribution in [0.4, 0.5) is 0 Å². The number of carbonyl (C=O) groups is 1. The molecule has 4 aliphatic rings. The van der Waals surface area contributed by atoms with Crippen molar-refractivity contribution in [2.75, 3.05) is 0 Å². The van der Waals surface area contributed by atoms with Gasteiger partial charge in [-0.05, 0) is 67.1 Å². The van der Waals surface area contributed by atoms with E-state index < -0.39 is 0 Å². The lowest BCUT2D eigenvalue weighted by Crippen LogP contribution is -2.58. The zero-order valence-electron chi connectivity index (χ0n) is 13.9. The second-order valence-electron chi connectivity index (χ2n) is 9.27. The Labute approximate surface area is 133 Å². The third-order valence-corrected chi connectivity index (χ3v) is 8.18. The zero-order valence-corrected chi connectivity index (χ0v) is 13.9. The lowest BCUT2D eigenvalue weighted by atomic mass is 9.44. The fraction of sp³-hybridized carbons (Fsp3) is 0.947. The number of hydrogen-bond acceptors (Lipinski definition) is 3. The van der Waals surface area contributed by atoms with Gasteiger partial charge in [-0.1, -0.05) is 20.3 Å². The molecule has 0 amide bonds. The molecule has 0 aromatic heterocycles. The summed E-state index contributed by atoms with van der Waals surface area (Å²) in [7, 11) is 0. The summed E-state index contributed by atoms with van der Waals surface area (Å²) in [6.07, 6.45) is 7.12. The molecule has 124 valence electrons. The summed E-state index contributed by atoms with van der Waals surface area (Å²) in [5, 5.41) is 20.7. The Bertz CT molecular complexity index is 489. The highest BCUT2D eigenvalue weighted by Crippen LogP contribution is 2.65. The van der Waals surface area contributed by atoms with E-state index in [0.29, 0.717) is 24.0 Å². The van der Waals surface area contributed by atoms with Gasteiger partial charge >= 0.3 is 0 Å². The van der Waals surface area contributed by atoms with Crippen LogP contribution in [0.2, 0.25) is 0 Å². The van der Waals surface area contributed by atoms with E-state index in [1.165, 1.54) is 0 Å². The Balaban J connectivity index is 1.71.